The minimum atomic E-state index is -0.0662. The first-order chi connectivity index (χ1) is 14.5. The number of carbonyl (C=O) groups excluding carboxylic acids is 2. The van der Waals surface area contributed by atoms with Gasteiger partial charge in [-0.2, -0.15) is 0 Å². The molecule has 30 heavy (non-hydrogen) atoms. The SMILES string of the molecule is COc1ccc(C(CNC(=O)CCC(=O)c2cc(C)sc2C)N2CCCCC2)cc1. The molecule has 1 aromatic heterocycles. The van der Waals surface area contributed by atoms with E-state index in [9.17, 15) is 9.59 Å². The van der Waals surface area contributed by atoms with Crippen molar-refractivity contribution in [2.24, 2.45) is 0 Å². The summed E-state index contributed by atoms with van der Waals surface area (Å²) in [5.41, 5.74) is 1.94. The molecular weight excluding hydrogens is 396 g/mol. The number of likely N-dealkylation sites (tertiary alicyclic amines) is 1. The molecule has 0 bridgehead atoms. The second kappa shape index (κ2) is 10.7. The number of hydrogen-bond donors (Lipinski definition) is 1. The van der Waals surface area contributed by atoms with Crippen molar-refractivity contribution in [1.82, 2.24) is 10.2 Å². The van der Waals surface area contributed by atoms with Gasteiger partial charge in [0.1, 0.15) is 5.75 Å². The minimum Gasteiger partial charge on any atom is -0.497 e. The summed E-state index contributed by atoms with van der Waals surface area (Å²) in [5.74, 6) is 0.816. The third kappa shape index (κ3) is 5.92. The first-order valence-electron chi connectivity index (χ1n) is 10.7. The number of Topliss-reactive ketones (excluding diaryl/α,β-unsaturated/α-hetero) is 1. The number of methoxy groups -OCH3 is 1. The van der Waals surface area contributed by atoms with Crippen molar-refractivity contribution in [2.45, 2.75) is 52.0 Å². The van der Waals surface area contributed by atoms with Crippen LogP contribution in [0.4, 0.5) is 0 Å². The summed E-state index contributed by atoms with van der Waals surface area (Å²) in [4.78, 5) is 29.6. The quantitative estimate of drug-likeness (QED) is 0.589. The largest absolute Gasteiger partial charge is 0.497 e. The second-order valence-electron chi connectivity index (χ2n) is 7.94. The van der Waals surface area contributed by atoms with Gasteiger partial charge in [-0.25, -0.2) is 0 Å². The second-order valence-corrected chi connectivity index (χ2v) is 9.40. The van der Waals surface area contributed by atoms with E-state index >= 15 is 0 Å². The van der Waals surface area contributed by atoms with E-state index in [-0.39, 0.29) is 30.6 Å². The number of carbonyl (C=O) groups is 2. The van der Waals surface area contributed by atoms with Crippen LogP contribution in [0.25, 0.3) is 0 Å². The molecule has 1 saturated heterocycles. The van der Waals surface area contributed by atoms with Gasteiger partial charge in [0.2, 0.25) is 5.91 Å². The number of hydrogen-bond acceptors (Lipinski definition) is 5. The minimum absolute atomic E-state index is 0.0507. The molecule has 1 atom stereocenters. The van der Waals surface area contributed by atoms with Gasteiger partial charge in [0.25, 0.3) is 0 Å². The van der Waals surface area contributed by atoms with Crippen molar-refractivity contribution < 1.29 is 14.3 Å². The highest BCUT2D eigenvalue weighted by Gasteiger charge is 2.23. The Bertz CT molecular complexity index is 854. The molecule has 5 nitrogen and oxygen atoms in total. The van der Waals surface area contributed by atoms with Gasteiger partial charge in [-0.1, -0.05) is 18.6 Å². The maximum absolute atomic E-state index is 12.5. The number of nitrogens with one attached hydrogen (secondary N) is 1. The van der Waals surface area contributed by atoms with Gasteiger partial charge in [-0.3, -0.25) is 14.5 Å². The smallest absolute Gasteiger partial charge is 0.220 e. The van der Waals surface area contributed by atoms with Gasteiger partial charge in [-0.05, 0) is 63.5 Å². The van der Waals surface area contributed by atoms with Crippen molar-refractivity contribution in [1.29, 1.82) is 0 Å². The Kier molecular flexibility index (Phi) is 8.05. The van der Waals surface area contributed by atoms with E-state index in [4.69, 9.17) is 4.74 Å². The Labute approximate surface area is 183 Å². The standard InChI is InChI=1S/C24H32N2O3S/c1-17-15-21(18(2)30-17)23(27)11-12-24(28)25-16-22(26-13-5-4-6-14-26)19-7-9-20(29-3)10-8-19/h7-10,15,22H,4-6,11-14,16H2,1-3H3,(H,25,28). The number of ketones is 1. The average molecular weight is 429 g/mol. The Hall–Kier alpha value is -2.18. The van der Waals surface area contributed by atoms with E-state index in [2.05, 4.69) is 22.3 Å². The van der Waals surface area contributed by atoms with Gasteiger partial charge >= 0.3 is 0 Å². The van der Waals surface area contributed by atoms with E-state index in [1.807, 2.05) is 32.0 Å². The highest BCUT2D eigenvalue weighted by atomic mass is 32.1. The van der Waals surface area contributed by atoms with E-state index in [1.54, 1.807) is 18.4 Å². The summed E-state index contributed by atoms with van der Waals surface area (Å²) in [6, 6.07) is 10.2. The Morgan fingerprint density at radius 3 is 2.40 bits per heavy atom. The van der Waals surface area contributed by atoms with Crippen LogP contribution in [0.2, 0.25) is 0 Å². The zero-order chi connectivity index (χ0) is 21.5. The van der Waals surface area contributed by atoms with Crippen LogP contribution in [0.3, 0.4) is 0 Å². The summed E-state index contributed by atoms with van der Waals surface area (Å²) >= 11 is 1.63. The van der Waals surface area contributed by atoms with E-state index in [1.165, 1.54) is 24.8 Å². The van der Waals surface area contributed by atoms with Gasteiger partial charge in [0.15, 0.2) is 5.78 Å². The fraction of sp³-hybridized carbons (Fsp3) is 0.500. The fourth-order valence-electron chi connectivity index (χ4n) is 4.08. The molecule has 162 valence electrons. The zero-order valence-electron chi connectivity index (χ0n) is 18.2. The maximum atomic E-state index is 12.5. The molecule has 1 aliphatic rings. The summed E-state index contributed by atoms with van der Waals surface area (Å²) in [7, 11) is 1.66. The van der Waals surface area contributed by atoms with Crippen LogP contribution in [-0.4, -0.2) is 43.3 Å². The lowest BCUT2D eigenvalue weighted by Gasteiger charge is -2.35. The Morgan fingerprint density at radius 2 is 1.80 bits per heavy atom. The van der Waals surface area contributed by atoms with Gasteiger partial charge in [-0.15, -0.1) is 11.3 Å². The summed E-state index contributed by atoms with van der Waals surface area (Å²) in [5, 5.41) is 3.07. The lowest BCUT2D eigenvalue weighted by molar-refractivity contribution is -0.121. The topological polar surface area (TPSA) is 58.6 Å². The molecule has 0 radical (unpaired) electrons. The van der Waals surface area contributed by atoms with E-state index in [0.717, 1.165) is 34.2 Å². The molecule has 1 aliphatic heterocycles. The van der Waals surface area contributed by atoms with Crippen molar-refractivity contribution in [3.63, 3.8) is 0 Å². The predicted octanol–water partition coefficient (Wildman–Crippen LogP) is 4.68. The normalized spacial score (nSPS) is 15.6. The van der Waals surface area contributed by atoms with Crippen LogP contribution in [0, 0.1) is 13.8 Å². The fourth-order valence-corrected chi connectivity index (χ4v) is 5.02. The Morgan fingerprint density at radius 1 is 1.10 bits per heavy atom. The lowest BCUT2D eigenvalue weighted by atomic mass is 10.0. The molecule has 2 aromatic rings. The van der Waals surface area contributed by atoms with Crippen LogP contribution >= 0.6 is 11.3 Å². The van der Waals surface area contributed by atoms with Crippen molar-refractivity contribution in [3.8, 4) is 5.75 Å². The molecule has 1 N–H and O–H groups in total. The third-order valence-electron chi connectivity index (χ3n) is 5.75. The number of aryl methyl sites for hydroxylation is 2. The van der Waals surface area contributed by atoms with Crippen LogP contribution in [0.1, 0.15) is 63.8 Å². The number of rotatable bonds is 9. The van der Waals surface area contributed by atoms with Gasteiger partial charge in [0, 0.05) is 34.7 Å². The number of benzene rings is 1. The molecule has 6 heteroatoms. The molecule has 1 amide bonds. The number of piperidine rings is 1. The monoisotopic (exact) mass is 428 g/mol. The zero-order valence-corrected chi connectivity index (χ0v) is 19.0. The summed E-state index contributed by atoms with van der Waals surface area (Å²) in [6.45, 7) is 6.60. The predicted molar refractivity (Wildman–Crippen MR) is 122 cm³/mol. The molecule has 0 spiro atoms. The Balaban J connectivity index is 1.57. The molecule has 3 rings (SSSR count). The van der Waals surface area contributed by atoms with Crippen LogP contribution in [0.15, 0.2) is 30.3 Å². The molecular formula is C24H32N2O3S. The number of ether oxygens (including phenoxy) is 1. The van der Waals surface area contributed by atoms with Crippen LogP contribution in [0.5, 0.6) is 5.75 Å². The first-order valence-corrected chi connectivity index (χ1v) is 11.5. The van der Waals surface area contributed by atoms with E-state index < -0.39 is 0 Å². The van der Waals surface area contributed by atoms with Crippen molar-refractivity contribution in [3.05, 3.63) is 51.2 Å². The average Bonchev–Trinajstić information content (AvgIpc) is 3.11. The molecule has 2 heterocycles. The molecule has 1 unspecified atom stereocenters. The van der Waals surface area contributed by atoms with Crippen LogP contribution in [-0.2, 0) is 4.79 Å². The summed E-state index contributed by atoms with van der Waals surface area (Å²) < 4.78 is 5.28. The molecule has 1 fully saturated rings. The molecule has 0 saturated carbocycles. The van der Waals surface area contributed by atoms with Gasteiger partial charge < -0.3 is 10.1 Å². The summed E-state index contributed by atoms with van der Waals surface area (Å²) in [6.07, 6.45) is 4.12. The molecule has 0 aliphatic carbocycles. The molecule has 1 aromatic carbocycles. The number of thiophene rings is 1. The highest BCUT2D eigenvalue weighted by molar-refractivity contribution is 7.12. The van der Waals surface area contributed by atoms with Crippen LogP contribution < -0.4 is 10.1 Å². The lowest BCUT2D eigenvalue weighted by Crippen LogP contribution is -2.40. The third-order valence-corrected chi connectivity index (χ3v) is 6.71. The first kappa shape index (κ1) is 22.5. The van der Waals surface area contributed by atoms with Crippen molar-refractivity contribution in [2.75, 3.05) is 26.7 Å². The number of amides is 1. The number of nitrogens with zero attached hydrogens (tertiary/aromatic N) is 1. The van der Waals surface area contributed by atoms with E-state index in [0.29, 0.717) is 6.54 Å². The van der Waals surface area contributed by atoms with Gasteiger partial charge in [0.05, 0.1) is 13.2 Å². The maximum Gasteiger partial charge on any atom is 0.220 e. The highest BCUT2D eigenvalue weighted by Crippen LogP contribution is 2.26. The van der Waals surface area contributed by atoms with Crippen molar-refractivity contribution >= 4 is 23.0 Å².